The van der Waals surface area contributed by atoms with Crippen LogP contribution in [0.4, 0.5) is 24.7 Å². The predicted molar refractivity (Wildman–Crippen MR) is 107 cm³/mol. The van der Waals surface area contributed by atoms with Gasteiger partial charge in [-0.3, -0.25) is 10.1 Å². The monoisotopic (exact) mass is 442 g/mol. The van der Waals surface area contributed by atoms with Crippen molar-refractivity contribution in [1.82, 2.24) is 15.2 Å². The number of hydrogen-bond acceptors (Lipinski definition) is 6. The van der Waals surface area contributed by atoms with E-state index in [1.54, 1.807) is 20.8 Å². The summed E-state index contributed by atoms with van der Waals surface area (Å²) in [7, 11) is -2.42. The van der Waals surface area contributed by atoms with Gasteiger partial charge in [0.2, 0.25) is 0 Å². The minimum atomic E-state index is -4.57. The standard InChI is InChI=1S/C19H21F3N4O3S/c1-10-16(19(20,21)22)25-26-17(10)24-12-6-7-23-13-9-14(29-5)15(8-11(12)13)30(27,28)18(2,3)4/h6-9H,1-5H3,(H2,23,24,25,26). The Labute approximate surface area is 171 Å². The Balaban J connectivity index is 2.19. The first-order chi connectivity index (χ1) is 13.8. The molecule has 3 aromatic rings. The number of alkyl halides is 3. The van der Waals surface area contributed by atoms with E-state index in [-0.39, 0.29) is 22.0 Å². The number of pyridine rings is 1. The molecule has 2 N–H and O–H groups in total. The summed E-state index contributed by atoms with van der Waals surface area (Å²) in [6.07, 6.45) is -3.12. The average molecular weight is 442 g/mol. The minimum Gasteiger partial charge on any atom is -0.495 e. The largest absolute Gasteiger partial charge is 0.495 e. The molecule has 0 saturated carbocycles. The van der Waals surface area contributed by atoms with E-state index in [4.69, 9.17) is 4.74 Å². The third-order valence-corrected chi connectivity index (χ3v) is 7.18. The first-order valence-electron chi connectivity index (χ1n) is 8.88. The molecule has 0 radical (unpaired) electrons. The number of aromatic amines is 1. The number of H-pyrrole nitrogens is 1. The Morgan fingerprint density at radius 1 is 1.17 bits per heavy atom. The Morgan fingerprint density at radius 3 is 2.37 bits per heavy atom. The molecular formula is C19H21F3N4O3S. The molecule has 0 unspecified atom stereocenters. The van der Waals surface area contributed by atoms with E-state index in [0.29, 0.717) is 16.6 Å². The van der Waals surface area contributed by atoms with Crippen LogP contribution in [0.2, 0.25) is 0 Å². The Bertz CT molecular complexity index is 1210. The smallest absolute Gasteiger partial charge is 0.433 e. The molecule has 0 aliphatic carbocycles. The van der Waals surface area contributed by atoms with Crippen LogP contribution in [-0.4, -0.2) is 35.5 Å². The van der Waals surface area contributed by atoms with Crippen LogP contribution in [0.3, 0.4) is 0 Å². The topological polar surface area (TPSA) is 97.0 Å². The van der Waals surface area contributed by atoms with E-state index >= 15 is 0 Å². The van der Waals surface area contributed by atoms with Gasteiger partial charge in [0.05, 0.1) is 23.1 Å². The van der Waals surface area contributed by atoms with Gasteiger partial charge in [-0.2, -0.15) is 18.3 Å². The van der Waals surface area contributed by atoms with Crippen molar-refractivity contribution in [1.29, 1.82) is 0 Å². The number of methoxy groups -OCH3 is 1. The molecule has 11 heteroatoms. The molecule has 0 saturated heterocycles. The zero-order chi connectivity index (χ0) is 22.5. The molecule has 2 aromatic heterocycles. The van der Waals surface area contributed by atoms with Crippen LogP contribution in [0.1, 0.15) is 32.0 Å². The van der Waals surface area contributed by atoms with Gasteiger partial charge in [0.25, 0.3) is 0 Å². The highest BCUT2D eigenvalue weighted by molar-refractivity contribution is 7.92. The fourth-order valence-corrected chi connectivity index (χ4v) is 4.23. The minimum absolute atomic E-state index is 0.0223. The molecule has 2 heterocycles. The number of halogens is 3. The molecule has 3 rings (SSSR count). The highest BCUT2D eigenvalue weighted by Crippen LogP contribution is 2.38. The summed E-state index contributed by atoms with van der Waals surface area (Å²) in [6, 6.07) is 4.43. The summed E-state index contributed by atoms with van der Waals surface area (Å²) in [5.74, 6) is 0.114. The second kappa shape index (κ2) is 7.15. The van der Waals surface area contributed by atoms with Gasteiger partial charge in [-0.15, -0.1) is 0 Å². The summed E-state index contributed by atoms with van der Waals surface area (Å²) in [5, 5.41) is 8.94. The highest BCUT2D eigenvalue weighted by atomic mass is 32.2. The number of ether oxygens (including phenoxy) is 1. The van der Waals surface area contributed by atoms with Crippen LogP contribution < -0.4 is 10.1 Å². The van der Waals surface area contributed by atoms with Gasteiger partial charge < -0.3 is 10.1 Å². The van der Waals surface area contributed by atoms with Crippen molar-refractivity contribution in [2.24, 2.45) is 0 Å². The van der Waals surface area contributed by atoms with Crippen LogP contribution in [0.25, 0.3) is 10.9 Å². The summed E-state index contributed by atoms with van der Waals surface area (Å²) < 4.78 is 69.4. The number of hydrogen-bond donors (Lipinski definition) is 2. The molecule has 0 atom stereocenters. The molecule has 0 amide bonds. The maximum Gasteiger partial charge on any atom is 0.433 e. The lowest BCUT2D eigenvalue weighted by atomic mass is 10.1. The summed E-state index contributed by atoms with van der Waals surface area (Å²) >= 11 is 0. The third-order valence-electron chi connectivity index (χ3n) is 4.67. The summed E-state index contributed by atoms with van der Waals surface area (Å²) in [5.41, 5.74) is -0.296. The molecule has 162 valence electrons. The van der Waals surface area contributed by atoms with Gasteiger partial charge in [0, 0.05) is 23.2 Å². The molecule has 0 aliphatic rings. The average Bonchev–Trinajstić information content (AvgIpc) is 3.00. The maximum atomic E-state index is 13.1. The van der Waals surface area contributed by atoms with Crippen LogP contribution in [-0.2, 0) is 16.0 Å². The number of aromatic nitrogens is 3. The van der Waals surface area contributed by atoms with Crippen molar-refractivity contribution in [2.45, 2.75) is 43.5 Å². The van der Waals surface area contributed by atoms with Gasteiger partial charge in [0.15, 0.2) is 15.7 Å². The Hall–Kier alpha value is -2.82. The van der Waals surface area contributed by atoms with E-state index in [0.717, 1.165) is 0 Å². The van der Waals surface area contributed by atoms with E-state index in [1.807, 2.05) is 5.10 Å². The van der Waals surface area contributed by atoms with E-state index < -0.39 is 26.5 Å². The predicted octanol–water partition coefficient (Wildman–Crippen LogP) is 4.61. The van der Waals surface area contributed by atoms with Gasteiger partial charge in [-0.05, 0) is 39.8 Å². The number of nitrogens with zero attached hydrogens (tertiary/aromatic N) is 2. The number of sulfone groups is 1. The van der Waals surface area contributed by atoms with Crippen molar-refractivity contribution in [3.8, 4) is 5.75 Å². The van der Waals surface area contributed by atoms with Gasteiger partial charge >= 0.3 is 6.18 Å². The molecule has 0 aliphatic heterocycles. The van der Waals surface area contributed by atoms with E-state index in [9.17, 15) is 21.6 Å². The van der Waals surface area contributed by atoms with Crippen molar-refractivity contribution in [3.63, 3.8) is 0 Å². The number of rotatable bonds is 4. The first kappa shape index (κ1) is 21.9. The number of anilines is 2. The van der Waals surface area contributed by atoms with Crippen molar-refractivity contribution < 1.29 is 26.3 Å². The molecule has 7 nitrogen and oxygen atoms in total. The quantitative estimate of drug-likeness (QED) is 0.613. The number of fused-ring (bicyclic) bond motifs is 1. The molecule has 0 bridgehead atoms. The zero-order valence-corrected chi connectivity index (χ0v) is 17.8. The summed E-state index contributed by atoms with van der Waals surface area (Å²) in [6.45, 7) is 6.00. The fraction of sp³-hybridized carbons (Fsp3) is 0.368. The third kappa shape index (κ3) is 3.69. The van der Waals surface area contributed by atoms with Crippen molar-refractivity contribution >= 4 is 32.2 Å². The van der Waals surface area contributed by atoms with Crippen molar-refractivity contribution in [3.05, 3.63) is 35.7 Å². The first-order valence-corrected chi connectivity index (χ1v) is 10.4. The Kier molecular flexibility index (Phi) is 5.21. The van der Waals surface area contributed by atoms with Crippen LogP contribution in [0.15, 0.2) is 29.3 Å². The fourth-order valence-electron chi connectivity index (χ4n) is 2.89. The normalized spacial score (nSPS) is 12.9. The molecule has 0 spiro atoms. The van der Waals surface area contributed by atoms with Crippen LogP contribution in [0, 0.1) is 6.92 Å². The molecular weight excluding hydrogens is 421 g/mol. The van der Waals surface area contributed by atoms with Gasteiger partial charge in [0.1, 0.15) is 16.3 Å². The van der Waals surface area contributed by atoms with Gasteiger partial charge in [-0.25, -0.2) is 8.42 Å². The lowest BCUT2D eigenvalue weighted by Gasteiger charge is -2.21. The maximum absolute atomic E-state index is 13.1. The highest BCUT2D eigenvalue weighted by Gasteiger charge is 2.36. The molecule has 0 fully saturated rings. The second-order valence-electron chi connectivity index (χ2n) is 7.69. The van der Waals surface area contributed by atoms with Crippen LogP contribution in [0.5, 0.6) is 5.75 Å². The second-order valence-corrected chi connectivity index (χ2v) is 10.4. The number of benzene rings is 1. The van der Waals surface area contributed by atoms with Crippen LogP contribution >= 0.6 is 0 Å². The van der Waals surface area contributed by atoms with E-state index in [2.05, 4.69) is 15.4 Å². The molecule has 30 heavy (non-hydrogen) atoms. The molecule has 1 aromatic carbocycles. The Morgan fingerprint density at radius 2 is 1.83 bits per heavy atom. The SMILES string of the molecule is COc1cc2nccc(Nc3n[nH]c(C(F)(F)F)c3C)c2cc1S(=O)(=O)C(C)(C)C. The number of nitrogens with one attached hydrogen (secondary N) is 2. The van der Waals surface area contributed by atoms with Gasteiger partial charge in [-0.1, -0.05) is 0 Å². The van der Waals surface area contributed by atoms with Crippen molar-refractivity contribution in [2.75, 3.05) is 12.4 Å². The lowest BCUT2D eigenvalue weighted by molar-refractivity contribution is -0.141. The van der Waals surface area contributed by atoms with E-state index in [1.165, 1.54) is 38.4 Å². The summed E-state index contributed by atoms with van der Waals surface area (Å²) in [4.78, 5) is 4.19. The zero-order valence-electron chi connectivity index (χ0n) is 17.0. The lowest BCUT2D eigenvalue weighted by Crippen LogP contribution is -2.28.